The molecular weight excluding hydrogens is 245 g/mol. The minimum Gasteiger partial charge on any atom is -0.361 e. The topological polar surface area (TPSA) is 48.1 Å². The predicted octanol–water partition coefficient (Wildman–Crippen LogP) is 1.53. The van der Waals surface area contributed by atoms with Gasteiger partial charge in [-0.3, -0.25) is 4.79 Å². The van der Waals surface area contributed by atoms with Crippen LogP contribution in [0.3, 0.4) is 0 Å². The van der Waals surface area contributed by atoms with Crippen molar-refractivity contribution in [2.24, 2.45) is 0 Å². The molecule has 0 aliphatic carbocycles. The summed E-state index contributed by atoms with van der Waals surface area (Å²) in [6.45, 7) is 1.44. The van der Waals surface area contributed by atoms with Gasteiger partial charge in [-0.1, -0.05) is 0 Å². The van der Waals surface area contributed by atoms with Crippen LogP contribution in [0.1, 0.15) is 5.56 Å². The molecule has 2 aromatic rings. The zero-order chi connectivity index (χ0) is 13.8. The zero-order valence-electron chi connectivity index (χ0n) is 11.2. The van der Waals surface area contributed by atoms with E-state index in [2.05, 4.69) is 10.3 Å². The Morgan fingerprint density at radius 2 is 2.21 bits per heavy atom. The molecule has 0 fully saturated rings. The monoisotopic (exact) mass is 263 g/mol. The van der Waals surface area contributed by atoms with Gasteiger partial charge < -0.3 is 15.2 Å². The normalized spacial score (nSPS) is 11.2. The molecule has 2 rings (SSSR count). The molecule has 0 spiro atoms. The molecule has 102 valence electrons. The minimum absolute atomic E-state index is 0.0212. The Morgan fingerprint density at radius 3 is 2.95 bits per heavy atom. The molecule has 5 heteroatoms. The molecule has 1 heterocycles. The van der Waals surface area contributed by atoms with Crippen molar-refractivity contribution in [3.63, 3.8) is 0 Å². The van der Waals surface area contributed by atoms with E-state index in [1.165, 1.54) is 12.1 Å². The molecule has 0 saturated heterocycles. The van der Waals surface area contributed by atoms with E-state index in [0.29, 0.717) is 13.0 Å². The van der Waals surface area contributed by atoms with E-state index in [-0.39, 0.29) is 11.7 Å². The van der Waals surface area contributed by atoms with Gasteiger partial charge in [0.15, 0.2) is 0 Å². The fraction of sp³-hybridized carbons (Fsp3) is 0.357. The Morgan fingerprint density at radius 1 is 1.42 bits per heavy atom. The molecule has 0 bridgehead atoms. The summed E-state index contributed by atoms with van der Waals surface area (Å²) in [7, 11) is 3.92. The van der Waals surface area contributed by atoms with Crippen molar-refractivity contribution in [3.8, 4) is 0 Å². The summed E-state index contributed by atoms with van der Waals surface area (Å²) in [6.07, 6.45) is 2.06. The van der Waals surface area contributed by atoms with Crippen LogP contribution in [0.25, 0.3) is 10.9 Å². The first-order chi connectivity index (χ1) is 9.06. The molecule has 0 aliphatic rings. The first-order valence-corrected chi connectivity index (χ1v) is 6.23. The smallest absolute Gasteiger partial charge is 0.224 e. The van der Waals surface area contributed by atoms with Gasteiger partial charge in [0.1, 0.15) is 5.82 Å². The molecule has 0 radical (unpaired) electrons. The summed E-state index contributed by atoms with van der Waals surface area (Å²) in [5.41, 5.74) is 1.61. The summed E-state index contributed by atoms with van der Waals surface area (Å²) >= 11 is 0. The summed E-state index contributed by atoms with van der Waals surface area (Å²) in [5.74, 6) is -0.302. The summed E-state index contributed by atoms with van der Waals surface area (Å²) in [4.78, 5) is 16.8. The van der Waals surface area contributed by atoms with Gasteiger partial charge in [0, 0.05) is 30.2 Å². The zero-order valence-corrected chi connectivity index (χ0v) is 11.2. The second-order valence-electron chi connectivity index (χ2n) is 4.83. The number of rotatable bonds is 5. The largest absolute Gasteiger partial charge is 0.361 e. The Labute approximate surface area is 111 Å². The highest BCUT2D eigenvalue weighted by molar-refractivity contribution is 5.88. The maximum Gasteiger partial charge on any atom is 0.224 e. The van der Waals surface area contributed by atoms with Gasteiger partial charge in [0.05, 0.1) is 6.42 Å². The number of benzene rings is 1. The maximum absolute atomic E-state index is 13.0. The molecule has 19 heavy (non-hydrogen) atoms. The van der Waals surface area contributed by atoms with Crippen molar-refractivity contribution in [3.05, 3.63) is 35.8 Å². The van der Waals surface area contributed by atoms with Crippen LogP contribution in [0.15, 0.2) is 24.4 Å². The van der Waals surface area contributed by atoms with Crippen LogP contribution in [0.2, 0.25) is 0 Å². The van der Waals surface area contributed by atoms with Crippen LogP contribution in [0.4, 0.5) is 4.39 Å². The number of aromatic nitrogens is 1. The Balaban J connectivity index is 1.99. The van der Waals surface area contributed by atoms with Crippen molar-refractivity contribution >= 4 is 16.8 Å². The SMILES string of the molecule is CN(C)CCNC(=O)Cc1c[nH]c2cc(F)ccc12. The van der Waals surface area contributed by atoms with Crippen molar-refractivity contribution in [2.45, 2.75) is 6.42 Å². The number of amides is 1. The van der Waals surface area contributed by atoms with E-state index in [1.54, 1.807) is 12.3 Å². The van der Waals surface area contributed by atoms with Gasteiger partial charge in [-0.25, -0.2) is 4.39 Å². The van der Waals surface area contributed by atoms with E-state index in [9.17, 15) is 9.18 Å². The van der Waals surface area contributed by atoms with E-state index >= 15 is 0 Å². The van der Waals surface area contributed by atoms with Gasteiger partial charge >= 0.3 is 0 Å². The number of nitrogens with one attached hydrogen (secondary N) is 2. The number of fused-ring (bicyclic) bond motifs is 1. The average molecular weight is 263 g/mol. The first kappa shape index (κ1) is 13.5. The third-order valence-electron chi connectivity index (χ3n) is 2.96. The second kappa shape index (κ2) is 5.84. The highest BCUT2D eigenvalue weighted by atomic mass is 19.1. The fourth-order valence-electron chi connectivity index (χ4n) is 1.96. The Hall–Kier alpha value is -1.88. The first-order valence-electron chi connectivity index (χ1n) is 6.23. The molecule has 0 aliphatic heterocycles. The lowest BCUT2D eigenvalue weighted by molar-refractivity contribution is -0.120. The van der Waals surface area contributed by atoms with E-state index in [4.69, 9.17) is 0 Å². The average Bonchev–Trinajstić information content (AvgIpc) is 2.71. The number of nitrogens with zero attached hydrogens (tertiary/aromatic N) is 1. The molecule has 1 aromatic carbocycles. The molecule has 0 unspecified atom stereocenters. The van der Waals surface area contributed by atoms with Crippen LogP contribution in [0, 0.1) is 5.82 Å². The van der Waals surface area contributed by atoms with Gasteiger partial charge in [-0.05, 0) is 37.9 Å². The molecule has 2 N–H and O–H groups in total. The minimum atomic E-state index is -0.281. The fourth-order valence-corrected chi connectivity index (χ4v) is 1.96. The number of carbonyl (C=O) groups is 1. The molecule has 1 aromatic heterocycles. The van der Waals surface area contributed by atoms with Crippen molar-refractivity contribution in [1.82, 2.24) is 15.2 Å². The quantitative estimate of drug-likeness (QED) is 0.859. The lowest BCUT2D eigenvalue weighted by Gasteiger charge is -2.10. The molecule has 4 nitrogen and oxygen atoms in total. The van der Waals surface area contributed by atoms with Crippen LogP contribution in [-0.4, -0.2) is 43.0 Å². The maximum atomic E-state index is 13.0. The number of likely N-dealkylation sites (N-methyl/N-ethyl adjacent to an activating group) is 1. The van der Waals surface area contributed by atoms with E-state index < -0.39 is 0 Å². The molecule has 0 atom stereocenters. The highest BCUT2D eigenvalue weighted by Gasteiger charge is 2.09. The molecule has 0 saturated carbocycles. The number of halogens is 1. The summed E-state index contributed by atoms with van der Waals surface area (Å²) in [5, 5.41) is 3.75. The lowest BCUT2D eigenvalue weighted by Crippen LogP contribution is -2.32. The van der Waals surface area contributed by atoms with Crippen molar-refractivity contribution in [2.75, 3.05) is 27.2 Å². The van der Waals surface area contributed by atoms with E-state index in [1.807, 2.05) is 19.0 Å². The highest BCUT2D eigenvalue weighted by Crippen LogP contribution is 2.19. The standard InChI is InChI=1S/C14H18FN3O/c1-18(2)6-5-16-14(19)7-10-9-17-13-8-11(15)3-4-12(10)13/h3-4,8-9,17H,5-7H2,1-2H3,(H,16,19). The molecule has 1 amide bonds. The van der Waals surface area contributed by atoms with Crippen LogP contribution >= 0.6 is 0 Å². The third kappa shape index (κ3) is 3.54. The van der Waals surface area contributed by atoms with Gasteiger partial charge in [0.2, 0.25) is 5.91 Å². The van der Waals surface area contributed by atoms with Crippen molar-refractivity contribution < 1.29 is 9.18 Å². The predicted molar refractivity (Wildman–Crippen MR) is 73.5 cm³/mol. The van der Waals surface area contributed by atoms with E-state index in [0.717, 1.165) is 23.0 Å². The second-order valence-corrected chi connectivity index (χ2v) is 4.83. The van der Waals surface area contributed by atoms with Crippen LogP contribution in [0.5, 0.6) is 0 Å². The number of H-pyrrole nitrogens is 1. The Kier molecular flexibility index (Phi) is 4.16. The Bertz CT molecular complexity index is 577. The number of hydrogen-bond acceptors (Lipinski definition) is 2. The van der Waals surface area contributed by atoms with Crippen LogP contribution < -0.4 is 5.32 Å². The lowest BCUT2D eigenvalue weighted by atomic mass is 10.1. The third-order valence-corrected chi connectivity index (χ3v) is 2.96. The molecular formula is C14H18FN3O. The van der Waals surface area contributed by atoms with Gasteiger partial charge in [-0.2, -0.15) is 0 Å². The summed E-state index contributed by atoms with van der Waals surface area (Å²) < 4.78 is 13.0. The van der Waals surface area contributed by atoms with Gasteiger partial charge in [-0.15, -0.1) is 0 Å². The van der Waals surface area contributed by atoms with Gasteiger partial charge in [0.25, 0.3) is 0 Å². The summed E-state index contributed by atoms with van der Waals surface area (Å²) in [6, 6.07) is 4.54. The van der Waals surface area contributed by atoms with Crippen LogP contribution in [-0.2, 0) is 11.2 Å². The number of aromatic amines is 1. The van der Waals surface area contributed by atoms with Crippen molar-refractivity contribution in [1.29, 1.82) is 0 Å². The number of hydrogen-bond donors (Lipinski definition) is 2. The number of carbonyl (C=O) groups excluding carboxylic acids is 1.